The van der Waals surface area contributed by atoms with Gasteiger partial charge in [-0.2, -0.15) is 0 Å². The second-order valence-corrected chi connectivity index (χ2v) is 8.57. The van der Waals surface area contributed by atoms with E-state index in [2.05, 4.69) is 4.90 Å². The minimum Gasteiger partial charge on any atom is -0.492 e. The van der Waals surface area contributed by atoms with Gasteiger partial charge in [-0.1, -0.05) is 18.2 Å². The molecule has 0 bridgehead atoms. The van der Waals surface area contributed by atoms with Gasteiger partial charge in [0.05, 0.1) is 5.25 Å². The Morgan fingerprint density at radius 2 is 1.65 bits per heavy atom. The zero-order chi connectivity index (χ0) is 16.1. The molecule has 0 atom stereocenters. The summed E-state index contributed by atoms with van der Waals surface area (Å²) in [5.41, 5.74) is 0. The van der Waals surface area contributed by atoms with Gasteiger partial charge < -0.3 is 4.74 Å². The number of nitrogens with zero attached hydrogens (tertiary/aromatic N) is 2. The predicted octanol–water partition coefficient (Wildman–Crippen LogP) is 1.96. The Labute approximate surface area is 139 Å². The molecule has 0 saturated carbocycles. The molecular weight excluding hydrogens is 312 g/mol. The van der Waals surface area contributed by atoms with Crippen LogP contribution in [0.15, 0.2) is 30.3 Å². The molecular formula is C17H26N2O3S. The highest BCUT2D eigenvalue weighted by molar-refractivity contribution is 7.89. The van der Waals surface area contributed by atoms with E-state index in [9.17, 15) is 8.42 Å². The molecule has 6 heteroatoms. The fourth-order valence-corrected chi connectivity index (χ4v) is 5.39. The standard InChI is InChI=1S/C17H26N2O3S/c20-23(21,19-10-4-5-11-19)17-8-12-18(13-9-17)14-15-22-16-6-2-1-3-7-16/h1-3,6-7,17H,4-5,8-15H2. The summed E-state index contributed by atoms with van der Waals surface area (Å²) in [6.07, 6.45) is 3.50. The predicted molar refractivity (Wildman–Crippen MR) is 91.1 cm³/mol. The minimum atomic E-state index is -3.07. The molecule has 3 rings (SSSR count). The van der Waals surface area contributed by atoms with Gasteiger partial charge in [0.25, 0.3) is 0 Å². The van der Waals surface area contributed by atoms with Crippen molar-refractivity contribution in [3.8, 4) is 5.75 Å². The second-order valence-electron chi connectivity index (χ2n) is 6.35. The van der Waals surface area contributed by atoms with Crippen molar-refractivity contribution in [2.24, 2.45) is 0 Å². The molecule has 2 aliphatic heterocycles. The van der Waals surface area contributed by atoms with Crippen LogP contribution in [0.3, 0.4) is 0 Å². The normalized spacial score (nSPS) is 21.6. The number of hydrogen-bond donors (Lipinski definition) is 0. The molecule has 0 radical (unpaired) electrons. The van der Waals surface area contributed by atoms with Gasteiger partial charge in [0, 0.05) is 19.6 Å². The van der Waals surface area contributed by atoms with Crippen molar-refractivity contribution in [3.05, 3.63) is 30.3 Å². The van der Waals surface area contributed by atoms with E-state index in [1.807, 2.05) is 30.3 Å². The molecule has 0 N–H and O–H groups in total. The van der Waals surface area contributed by atoms with Gasteiger partial charge in [-0.15, -0.1) is 0 Å². The Bertz CT molecular complexity index is 577. The van der Waals surface area contributed by atoms with Crippen molar-refractivity contribution in [1.82, 2.24) is 9.21 Å². The smallest absolute Gasteiger partial charge is 0.217 e. The number of rotatable bonds is 6. The molecule has 2 fully saturated rings. The van der Waals surface area contributed by atoms with E-state index in [4.69, 9.17) is 4.74 Å². The number of benzene rings is 1. The topological polar surface area (TPSA) is 49.9 Å². The maximum absolute atomic E-state index is 12.6. The number of hydrogen-bond acceptors (Lipinski definition) is 4. The Kier molecular flexibility index (Phi) is 5.56. The Morgan fingerprint density at radius 3 is 2.30 bits per heavy atom. The molecule has 1 aromatic rings. The maximum atomic E-state index is 12.6. The molecule has 2 saturated heterocycles. The fourth-order valence-electron chi connectivity index (χ4n) is 3.39. The third-order valence-corrected chi connectivity index (χ3v) is 7.20. The maximum Gasteiger partial charge on any atom is 0.217 e. The number of ether oxygens (including phenoxy) is 1. The van der Waals surface area contributed by atoms with Crippen molar-refractivity contribution >= 4 is 10.0 Å². The van der Waals surface area contributed by atoms with Gasteiger partial charge in [0.2, 0.25) is 10.0 Å². The summed E-state index contributed by atoms with van der Waals surface area (Å²) in [6.45, 7) is 4.62. The van der Waals surface area contributed by atoms with Crippen LogP contribution in [0, 0.1) is 0 Å². The highest BCUT2D eigenvalue weighted by Crippen LogP contribution is 2.24. The average molecular weight is 338 g/mol. The Hall–Kier alpha value is -1.11. The Morgan fingerprint density at radius 1 is 1.00 bits per heavy atom. The van der Waals surface area contributed by atoms with E-state index in [-0.39, 0.29) is 5.25 Å². The SMILES string of the molecule is O=S(=O)(C1CCN(CCOc2ccccc2)CC1)N1CCCC1. The highest BCUT2D eigenvalue weighted by atomic mass is 32.2. The van der Waals surface area contributed by atoms with Crippen molar-refractivity contribution < 1.29 is 13.2 Å². The van der Waals surface area contributed by atoms with Crippen molar-refractivity contribution in [2.45, 2.75) is 30.9 Å². The number of para-hydroxylation sites is 1. The van der Waals surface area contributed by atoms with Crippen LogP contribution in [0.25, 0.3) is 0 Å². The quantitative estimate of drug-likeness (QED) is 0.796. The van der Waals surface area contributed by atoms with Crippen LogP contribution in [0.1, 0.15) is 25.7 Å². The van der Waals surface area contributed by atoms with Crippen LogP contribution in [0.5, 0.6) is 5.75 Å². The molecule has 0 aliphatic carbocycles. The number of sulfonamides is 1. The zero-order valence-corrected chi connectivity index (χ0v) is 14.4. The minimum absolute atomic E-state index is 0.188. The molecule has 0 amide bonds. The van der Waals surface area contributed by atoms with Crippen LogP contribution < -0.4 is 4.74 Å². The van der Waals surface area contributed by atoms with Crippen molar-refractivity contribution in [2.75, 3.05) is 39.3 Å². The van der Waals surface area contributed by atoms with Gasteiger partial charge >= 0.3 is 0 Å². The van der Waals surface area contributed by atoms with E-state index < -0.39 is 10.0 Å². The summed E-state index contributed by atoms with van der Waals surface area (Å²) in [6, 6.07) is 9.80. The summed E-state index contributed by atoms with van der Waals surface area (Å²) in [5, 5.41) is -0.188. The van der Waals surface area contributed by atoms with Gasteiger partial charge in [-0.3, -0.25) is 4.90 Å². The molecule has 128 valence electrons. The second kappa shape index (κ2) is 7.64. The van der Waals surface area contributed by atoms with Gasteiger partial charge in [-0.05, 0) is 50.9 Å². The third-order valence-electron chi connectivity index (χ3n) is 4.80. The lowest BCUT2D eigenvalue weighted by Crippen LogP contribution is -2.45. The molecule has 2 aliphatic rings. The van der Waals surface area contributed by atoms with Crippen LogP contribution in [0.4, 0.5) is 0 Å². The van der Waals surface area contributed by atoms with Crippen LogP contribution in [-0.2, 0) is 10.0 Å². The summed E-state index contributed by atoms with van der Waals surface area (Å²) in [5.74, 6) is 0.888. The first-order valence-corrected chi connectivity index (χ1v) is 10.1. The first kappa shape index (κ1) is 16.7. The zero-order valence-electron chi connectivity index (χ0n) is 13.6. The van der Waals surface area contributed by atoms with E-state index in [1.54, 1.807) is 4.31 Å². The molecule has 0 spiro atoms. The number of likely N-dealkylation sites (tertiary alicyclic amines) is 1. The Balaban J connectivity index is 1.41. The first-order chi connectivity index (χ1) is 11.2. The van der Waals surface area contributed by atoms with Crippen LogP contribution in [-0.4, -0.2) is 62.2 Å². The van der Waals surface area contributed by atoms with E-state index in [1.165, 1.54) is 0 Å². The lowest BCUT2D eigenvalue weighted by atomic mass is 10.1. The average Bonchev–Trinajstić information content (AvgIpc) is 3.12. The summed E-state index contributed by atoms with van der Waals surface area (Å²) < 4.78 is 32.6. The van der Waals surface area contributed by atoms with Crippen molar-refractivity contribution in [1.29, 1.82) is 0 Å². The number of piperidine rings is 1. The highest BCUT2D eigenvalue weighted by Gasteiger charge is 2.35. The lowest BCUT2D eigenvalue weighted by Gasteiger charge is -2.33. The summed E-state index contributed by atoms with van der Waals surface area (Å²) >= 11 is 0. The molecule has 0 unspecified atom stereocenters. The van der Waals surface area contributed by atoms with Crippen LogP contribution >= 0.6 is 0 Å². The fraction of sp³-hybridized carbons (Fsp3) is 0.647. The molecule has 23 heavy (non-hydrogen) atoms. The van der Waals surface area contributed by atoms with E-state index in [0.717, 1.165) is 51.1 Å². The molecule has 5 nitrogen and oxygen atoms in total. The van der Waals surface area contributed by atoms with E-state index >= 15 is 0 Å². The van der Waals surface area contributed by atoms with E-state index in [0.29, 0.717) is 19.7 Å². The third kappa shape index (κ3) is 4.25. The summed E-state index contributed by atoms with van der Waals surface area (Å²) in [4.78, 5) is 2.30. The van der Waals surface area contributed by atoms with Crippen LogP contribution in [0.2, 0.25) is 0 Å². The van der Waals surface area contributed by atoms with Gasteiger partial charge in [-0.25, -0.2) is 12.7 Å². The summed E-state index contributed by atoms with van der Waals surface area (Å²) in [7, 11) is -3.07. The molecule has 0 aromatic heterocycles. The monoisotopic (exact) mass is 338 g/mol. The largest absolute Gasteiger partial charge is 0.492 e. The lowest BCUT2D eigenvalue weighted by molar-refractivity contribution is 0.183. The molecule has 2 heterocycles. The van der Waals surface area contributed by atoms with Gasteiger partial charge in [0.1, 0.15) is 12.4 Å². The van der Waals surface area contributed by atoms with Gasteiger partial charge in [0.15, 0.2) is 0 Å². The van der Waals surface area contributed by atoms with Crippen molar-refractivity contribution in [3.63, 3.8) is 0 Å². The molecule has 1 aromatic carbocycles. The first-order valence-electron chi connectivity index (χ1n) is 8.55.